The number of fused-ring (bicyclic) bond motifs is 1. The third-order valence-corrected chi connectivity index (χ3v) is 2.59. The van der Waals surface area contributed by atoms with Gasteiger partial charge in [0.2, 0.25) is 0 Å². The minimum Gasteiger partial charge on any atom is -0.388 e. The smallest absolute Gasteiger partial charge is 0.258 e. The van der Waals surface area contributed by atoms with E-state index in [0.29, 0.717) is 16.3 Å². The first kappa shape index (κ1) is 10.2. The zero-order valence-electron chi connectivity index (χ0n) is 9.11. The van der Waals surface area contributed by atoms with Crippen molar-refractivity contribution in [3.8, 4) is 6.07 Å². The Morgan fingerprint density at radius 3 is 2.75 bits per heavy atom. The number of nitrogens with one attached hydrogen (secondary N) is 1. The van der Waals surface area contributed by atoms with E-state index in [1.165, 1.54) is 4.57 Å². The molecule has 1 aromatic heterocycles. The third-order valence-electron chi connectivity index (χ3n) is 2.59. The van der Waals surface area contributed by atoms with Gasteiger partial charge in [0.1, 0.15) is 6.07 Å². The first-order chi connectivity index (χ1) is 7.67. The van der Waals surface area contributed by atoms with Gasteiger partial charge in [0.25, 0.3) is 5.56 Å². The average molecular weight is 213 g/mol. The quantitative estimate of drug-likeness (QED) is 0.780. The molecule has 0 bridgehead atoms. The van der Waals surface area contributed by atoms with Crippen LogP contribution in [0.15, 0.2) is 29.2 Å². The van der Waals surface area contributed by atoms with Gasteiger partial charge in [-0.1, -0.05) is 0 Å². The van der Waals surface area contributed by atoms with E-state index >= 15 is 0 Å². The molecule has 1 N–H and O–H groups in total. The van der Waals surface area contributed by atoms with Crippen LogP contribution in [-0.4, -0.2) is 11.6 Å². The molecule has 0 aliphatic heterocycles. The van der Waals surface area contributed by atoms with Crippen LogP contribution in [0.3, 0.4) is 0 Å². The second-order valence-corrected chi connectivity index (χ2v) is 3.58. The average Bonchev–Trinajstić information content (AvgIpc) is 2.33. The Hall–Kier alpha value is -2.28. The molecule has 0 saturated carbocycles. The monoisotopic (exact) mass is 213 g/mol. The number of nitriles is 1. The van der Waals surface area contributed by atoms with Gasteiger partial charge in [0.15, 0.2) is 0 Å². The topological polar surface area (TPSA) is 57.8 Å². The molecule has 16 heavy (non-hydrogen) atoms. The Morgan fingerprint density at radius 1 is 1.38 bits per heavy atom. The predicted octanol–water partition coefficient (Wildman–Crippen LogP) is 1.45. The molecule has 1 aromatic carbocycles. The molecule has 4 heteroatoms. The van der Waals surface area contributed by atoms with Gasteiger partial charge in [-0.15, -0.1) is 0 Å². The highest BCUT2D eigenvalue weighted by Crippen LogP contribution is 2.19. The van der Waals surface area contributed by atoms with Gasteiger partial charge >= 0.3 is 0 Å². The Labute approximate surface area is 92.7 Å². The van der Waals surface area contributed by atoms with Crippen LogP contribution in [0.1, 0.15) is 5.56 Å². The maximum Gasteiger partial charge on any atom is 0.258 e. The second kappa shape index (κ2) is 3.70. The first-order valence-electron chi connectivity index (χ1n) is 4.88. The summed E-state index contributed by atoms with van der Waals surface area (Å²) in [5.41, 5.74) is 1.31. The first-order valence-corrected chi connectivity index (χ1v) is 4.88. The van der Waals surface area contributed by atoms with Gasteiger partial charge in [-0.25, -0.2) is 0 Å². The minimum atomic E-state index is -0.0864. The number of aryl methyl sites for hydroxylation is 1. The molecule has 4 nitrogen and oxygen atoms in total. The van der Waals surface area contributed by atoms with Crippen molar-refractivity contribution in [1.82, 2.24) is 4.57 Å². The maximum absolute atomic E-state index is 11.8. The maximum atomic E-state index is 11.8. The van der Waals surface area contributed by atoms with Crippen LogP contribution in [-0.2, 0) is 7.05 Å². The van der Waals surface area contributed by atoms with Crippen molar-refractivity contribution in [3.05, 3.63) is 40.3 Å². The van der Waals surface area contributed by atoms with Crippen LogP contribution in [0.5, 0.6) is 0 Å². The van der Waals surface area contributed by atoms with Crippen LogP contribution >= 0.6 is 0 Å². The summed E-state index contributed by atoms with van der Waals surface area (Å²) in [6.45, 7) is 0. The van der Waals surface area contributed by atoms with E-state index in [4.69, 9.17) is 5.26 Å². The van der Waals surface area contributed by atoms with E-state index < -0.39 is 0 Å². The number of hydrogen-bond acceptors (Lipinski definition) is 3. The minimum absolute atomic E-state index is 0.0864. The zero-order chi connectivity index (χ0) is 11.7. The van der Waals surface area contributed by atoms with Gasteiger partial charge in [-0.05, 0) is 18.2 Å². The van der Waals surface area contributed by atoms with E-state index in [-0.39, 0.29) is 5.56 Å². The van der Waals surface area contributed by atoms with Crippen LogP contribution in [0.4, 0.5) is 5.69 Å². The lowest BCUT2D eigenvalue weighted by Gasteiger charge is -2.06. The summed E-state index contributed by atoms with van der Waals surface area (Å²) in [6, 6.07) is 7.48. The molecule has 0 spiro atoms. The summed E-state index contributed by atoms with van der Waals surface area (Å²) in [5.74, 6) is 0. The molecule has 0 fully saturated rings. The molecule has 0 unspecified atom stereocenters. The highest BCUT2D eigenvalue weighted by molar-refractivity contribution is 5.89. The Morgan fingerprint density at radius 2 is 2.12 bits per heavy atom. The van der Waals surface area contributed by atoms with Crippen LogP contribution in [0, 0.1) is 11.3 Å². The Balaban J connectivity index is 2.95. The fourth-order valence-corrected chi connectivity index (χ4v) is 1.71. The van der Waals surface area contributed by atoms with Gasteiger partial charge in [0.05, 0.1) is 5.56 Å². The van der Waals surface area contributed by atoms with E-state index in [2.05, 4.69) is 11.4 Å². The van der Waals surface area contributed by atoms with Crippen molar-refractivity contribution >= 4 is 16.5 Å². The lowest BCUT2D eigenvalue weighted by Crippen LogP contribution is -2.16. The third kappa shape index (κ3) is 1.43. The van der Waals surface area contributed by atoms with Crippen molar-refractivity contribution in [2.45, 2.75) is 0 Å². The van der Waals surface area contributed by atoms with E-state index in [1.807, 2.05) is 12.1 Å². The molecule has 0 amide bonds. The summed E-state index contributed by atoms with van der Waals surface area (Å²) in [6.07, 6.45) is 1.56. The molecule has 0 atom stereocenters. The number of rotatable bonds is 1. The largest absolute Gasteiger partial charge is 0.388 e. The van der Waals surface area contributed by atoms with Gasteiger partial charge < -0.3 is 9.88 Å². The number of anilines is 1. The summed E-state index contributed by atoms with van der Waals surface area (Å²) in [7, 11) is 3.45. The van der Waals surface area contributed by atoms with Crippen LogP contribution in [0.2, 0.25) is 0 Å². The normalized spacial score (nSPS) is 10.1. The van der Waals surface area contributed by atoms with E-state index in [1.54, 1.807) is 26.4 Å². The number of benzene rings is 1. The number of hydrogen-bond donors (Lipinski definition) is 1. The molecular formula is C12H11N3O. The lowest BCUT2D eigenvalue weighted by atomic mass is 10.1. The van der Waals surface area contributed by atoms with Crippen molar-refractivity contribution < 1.29 is 0 Å². The van der Waals surface area contributed by atoms with Crippen molar-refractivity contribution in [1.29, 1.82) is 5.26 Å². The molecular weight excluding hydrogens is 202 g/mol. The SMILES string of the molecule is CNc1ccc2c(=O)n(C)cc(C#N)c2c1. The van der Waals surface area contributed by atoms with E-state index in [9.17, 15) is 4.79 Å². The fourth-order valence-electron chi connectivity index (χ4n) is 1.71. The van der Waals surface area contributed by atoms with Crippen molar-refractivity contribution in [2.24, 2.45) is 7.05 Å². The molecule has 2 aromatic rings. The molecule has 1 heterocycles. The lowest BCUT2D eigenvalue weighted by molar-refractivity contribution is 0.870. The predicted molar refractivity (Wildman–Crippen MR) is 63.5 cm³/mol. The number of nitrogens with zero attached hydrogens (tertiary/aromatic N) is 2. The summed E-state index contributed by atoms with van der Waals surface area (Å²) in [5, 5.41) is 13.3. The highest BCUT2D eigenvalue weighted by atomic mass is 16.1. The molecule has 0 aliphatic rings. The van der Waals surface area contributed by atoms with Crippen molar-refractivity contribution in [3.63, 3.8) is 0 Å². The summed E-state index contributed by atoms with van der Waals surface area (Å²) < 4.78 is 1.43. The fraction of sp³-hybridized carbons (Fsp3) is 0.167. The van der Waals surface area contributed by atoms with Gasteiger partial charge in [0, 0.05) is 36.8 Å². The number of aromatic nitrogens is 1. The highest BCUT2D eigenvalue weighted by Gasteiger charge is 2.06. The Bertz CT molecular complexity index is 650. The van der Waals surface area contributed by atoms with Crippen LogP contribution < -0.4 is 10.9 Å². The van der Waals surface area contributed by atoms with Crippen molar-refractivity contribution in [2.75, 3.05) is 12.4 Å². The molecule has 2 rings (SSSR count). The number of pyridine rings is 1. The summed E-state index contributed by atoms with van der Waals surface area (Å²) in [4.78, 5) is 11.8. The summed E-state index contributed by atoms with van der Waals surface area (Å²) >= 11 is 0. The standard InChI is InChI=1S/C12H11N3O/c1-14-9-3-4-10-11(5-9)8(6-13)7-15(2)12(10)16/h3-5,7,14H,1-2H3. The zero-order valence-corrected chi connectivity index (χ0v) is 9.11. The molecule has 0 saturated heterocycles. The van der Waals surface area contributed by atoms with Gasteiger partial charge in [-0.2, -0.15) is 5.26 Å². The molecule has 0 aliphatic carbocycles. The van der Waals surface area contributed by atoms with Crippen LogP contribution in [0.25, 0.3) is 10.8 Å². The Kier molecular flexibility index (Phi) is 2.37. The van der Waals surface area contributed by atoms with Gasteiger partial charge in [-0.3, -0.25) is 4.79 Å². The second-order valence-electron chi connectivity index (χ2n) is 3.58. The van der Waals surface area contributed by atoms with E-state index in [0.717, 1.165) is 5.69 Å². The molecule has 0 radical (unpaired) electrons. The molecule has 80 valence electrons.